The van der Waals surface area contributed by atoms with Crippen molar-refractivity contribution >= 4 is 52.9 Å². The molecule has 0 spiro atoms. The molecule has 0 unspecified atom stereocenters. The maximum atomic E-state index is 12.9. The summed E-state index contributed by atoms with van der Waals surface area (Å²) in [5.74, 6) is -0.615. The Kier molecular flexibility index (Phi) is 8.93. The Balaban J connectivity index is 0.00000324. The van der Waals surface area contributed by atoms with Crippen molar-refractivity contribution in [3.8, 4) is 0 Å². The second-order valence-corrected chi connectivity index (χ2v) is 8.53. The maximum absolute atomic E-state index is 12.9. The number of para-hydroxylation sites is 2. The van der Waals surface area contributed by atoms with Crippen LogP contribution in [0.3, 0.4) is 0 Å². The molecule has 3 aromatic rings. The minimum Gasteiger partial charge on any atom is -0.370 e. The molecule has 1 aliphatic heterocycles. The van der Waals surface area contributed by atoms with Crippen molar-refractivity contribution in [3.05, 3.63) is 88.9 Å². The third-order valence-electron chi connectivity index (χ3n) is 5.76. The number of anilines is 3. The average Bonchev–Trinajstić information content (AvgIpc) is 3.05. The Bertz CT molecular complexity index is 1140. The van der Waals surface area contributed by atoms with E-state index in [-0.39, 0.29) is 24.2 Å². The Hall–Kier alpha value is -3.06. The van der Waals surface area contributed by atoms with Crippen molar-refractivity contribution in [1.82, 2.24) is 4.90 Å². The molecule has 8 heteroatoms. The van der Waals surface area contributed by atoms with Gasteiger partial charge in [-0.05, 0) is 68.5 Å². The quantitative estimate of drug-likeness (QED) is 0.493. The molecule has 0 radical (unpaired) electrons. The highest BCUT2D eigenvalue weighted by molar-refractivity contribution is 6.34. The van der Waals surface area contributed by atoms with Gasteiger partial charge in [-0.25, -0.2) is 0 Å². The normalized spacial score (nSPS) is 14.0. The van der Waals surface area contributed by atoms with Gasteiger partial charge in [0.25, 0.3) is 11.8 Å². The number of halogens is 2. The third-order valence-corrected chi connectivity index (χ3v) is 6.09. The van der Waals surface area contributed by atoms with E-state index in [1.165, 1.54) is 0 Å². The summed E-state index contributed by atoms with van der Waals surface area (Å²) in [6.45, 7) is 4.09. The van der Waals surface area contributed by atoms with Gasteiger partial charge in [0.2, 0.25) is 0 Å². The lowest BCUT2D eigenvalue weighted by atomic mass is 10.1. The van der Waals surface area contributed by atoms with E-state index in [4.69, 9.17) is 11.6 Å². The van der Waals surface area contributed by atoms with Crippen molar-refractivity contribution in [2.24, 2.45) is 0 Å². The predicted octanol–water partition coefficient (Wildman–Crippen LogP) is 5.41. The van der Waals surface area contributed by atoms with Gasteiger partial charge < -0.3 is 20.4 Å². The number of nitrogens with zero attached hydrogens (tertiary/aromatic N) is 2. The number of amides is 2. The van der Waals surface area contributed by atoms with Gasteiger partial charge in [0.1, 0.15) is 0 Å². The lowest BCUT2D eigenvalue weighted by Crippen LogP contribution is -2.28. The maximum Gasteiger partial charge on any atom is 0.257 e. The van der Waals surface area contributed by atoms with Crippen LogP contribution in [0.15, 0.2) is 72.8 Å². The van der Waals surface area contributed by atoms with Gasteiger partial charge in [0.15, 0.2) is 0 Å². The molecule has 4 rings (SSSR count). The first-order chi connectivity index (χ1) is 16.0. The fourth-order valence-electron chi connectivity index (χ4n) is 3.87. The van der Waals surface area contributed by atoms with Crippen molar-refractivity contribution in [2.75, 3.05) is 48.8 Å². The SMILES string of the molecule is CN1CCCN(c2ccc(C(=O)Nc3ccccc3C(=O)Nc3ccccc3Cl)cc2)CC1.Cl. The molecule has 1 aliphatic rings. The summed E-state index contributed by atoms with van der Waals surface area (Å²) >= 11 is 6.15. The van der Waals surface area contributed by atoms with Crippen LogP contribution in [-0.2, 0) is 0 Å². The number of carbonyl (C=O) groups excluding carboxylic acids is 2. The fraction of sp³-hybridized carbons (Fsp3) is 0.231. The van der Waals surface area contributed by atoms with Crippen LogP contribution < -0.4 is 15.5 Å². The summed E-state index contributed by atoms with van der Waals surface area (Å²) < 4.78 is 0. The molecule has 1 heterocycles. The van der Waals surface area contributed by atoms with E-state index in [1.54, 1.807) is 48.5 Å². The molecule has 3 aromatic carbocycles. The highest BCUT2D eigenvalue weighted by Crippen LogP contribution is 2.24. The van der Waals surface area contributed by atoms with Crippen molar-refractivity contribution in [2.45, 2.75) is 6.42 Å². The number of benzene rings is 3. The Labute approximate surface area is 211 Å². The standard InChI is InChI=1S/C26H27ClN4O2.ClH/c1-30-15-6-16-31(18-17-30)20-13-11-19(12-14-20)25(32)28-23-9-4-2-7-21(23)26(33)29-24-10-5-3-8-22(24)27;/h2-5,7-14H,6,15-18H2,1H3,(H,28,32)(H,29,33);1H. The minimum atomic E-state index is -0.347. The summed E-state index contributed by atoms with van der Waals surface area (Å²) in [7, 11) is 2.14. The molecule has 0 atom stereocenters. The van der Waals surface area contributed by atoms with Gasteiger partial charge in [0.05, 0.1) is 22.0 Å². The molecule has 0 aliphatic carbocycles. The molecule has 34 heavy (non-hydrogen) atoms. The van der Waals surface area contributed by atoms with Crippen molar-refractivity contribution in [1.29, 1.82) is 0 Å². The number of hydrogen-bond donors (Lipinski definition) is 2. The first-order valence-electron chi connectivity index (χ1n) is 11.0. The van der Waals surface area contributed by atoms with Crippen LogP contribution in [0.5, 0.6) is 0 Å². The number of likely N-dealkylation sites (N-methyl/N-ethyl adjacent to an activating group) is 1. The largest absolute Gasteiger partial charge is 0.370 e. The highest BCUT2D eigenvalue weighted by Gasteiger charge is 2.16. The molecule has 2 amide bonds. The smallest absolute Gasteiger partial charge is 0.257 e. The minimum absolute atomic E-state index is 0. The topological polar surface area (TPSA) is 64.7 Å². The molecule has 0 saturated carbocycles. The van der Waals surface area contributed by atoms with E-state index in [0.29, 0.717) is 27.5 Å². The van der Waals surface area contributed by atoms with Gasteiger partial charge in [-0.3, -0.25) is 9.59 Å². The average molecular weight is 499 g/mol. The van der Waals surface area contributed by atoms with Crippen LogP contribution in [0, 0.1) is 0 Å². The summed E-state index contributed by atoms with van der Waals surface area (Å²) in [4.78, 5) is 30.4. The van der Waals surface area contributed by atoms with Crippen LogP contribution in [-0.4, -0.2) is 49.9 Å². The van der Waals surface area contributed by atoms with Gasteiger partial charge in [-0.2, -0.15) is 0 Å². The van der Waals surface area contributed by atoms with Crippen LogP contribution in [0.25, 0.3) is 0 Å². The predicted molar refractivity (Wildman–Crippen MR) is 142 cm³/mol. The van der Waals surface area contributed by atoms with Gasteiger partial charge in [0, 0.05) is 30.9 Å². The fourth-order valence-corrected chi connectivity index (χ4v) is 4.05. The molecule has 178 valence electrons. The highest BCUT2D eigenvalue weighted by atomic mass is 35.5. The summed E-state index contributed by atoms with van der Waals surface area (Å²) in [6, 6.07) is 21.5. The van der Waals surface area contributed by atoms with E-state index in [9.17, 15) is 9.59 Å². The van der Waals surface area contributed by atoms with Crippen LogP contribution in [0.2, 0.25) is 5.02 Å². The molecular weight excluding hydrogens is 471 g/mol. The summed E-state index contributed by atoms with van der Waals surface area (Å²) in [6.07, 6.45) is 1.12. The second kappa shape index (κ2) is 11.9. The van der Waals surface area contributed by atoms with Crippen LogP contribution >= 0.6 is 24.0 Å². The Morgan fingerprint density at radius 1 is 0.765 bits per heavy atom. The van der Waals surface area contributed by atoms with Crippen molar-refractivity contribution < 1.29 is 9.59 Å². The summed E-state index contributed by atoms with van der Waals surface area (Å²) in [5.41, 5.74) is 2.96. The molecular formula is C26H28Cl2N4O2. The zero-order valence-electron chi connectivity index (χ0n) is 19.0. The van der Waals surface area contributed by atoms with E-state index in [2.05, 4.69) is 27.5 Å². The number of nitrogens with one attached hydrogen (secondary N) is 2. The molecule has 1 saturated heterocycles. The van der Waals surface area contributed by atoms with E-state index < -0.39 is 0 Å². The van der Waals surface area contributed by atoms with Crippen molar-refractivity contribution in [3.63, 3.8) is 0 Å². The van der Waals surface area contributed by atoms with Crippen LogP contribution in [0.1, 0.15) is 27.1 Å². The van der Waals surface area contributed by atoms with E-state index in [1.807, 2.05) is 24.3 Å². The lowest BCUT2D eigenvalue weighted by Gasteiger charge is -2.23. The monoisotopic (exact) mass is 498 g/mol. The first-order valence-corrected chi connectivity index (χ1v) is 11.4. The zero-order chi connectivity index (χ0) is 23.2. The van der Waals surface area contributed by atoms with Gasteiger partial charge >= 0.3 is 0 Å². The molecule has 0 aromatic heterocycles. The molecule has 1 fully saturated rings. The zero-order valence-corrected chi connectivity index (χ0v) is 20.5. The lowest BCUT2D eigenvalue weighted by molar-refractivity contribution is 0.102. The Morgan fingerprint density at radius 3 is 2.15 bits per heavy atom. The van der Waals surface area contributed by atoms with E-state index in [0.717, 1.165) is 38.3 Å². The molecule has 6 nitrogen and oxygen atoms in total. The van der Waals surface area contributed by atoms with Gasteiger partial charge in [-0.15, -0.1) is 12.4 Å². The van der Waals surface area contributed by atoms with E-state index >= 15 is 0 Å². The molecule has 2 N–H and O–H groups in total. The van der Waals surface area contributed by atoms with Gasteiger partial charge in [-0.1, -0.05) is 35.9 Å². The number of carbonyl (C=O) groups is 2. The number of hydrogen-bond acceptors (Lipinski definition) is 4. The first kappa shape index (κ1) is 25.6. The van der Waals surface area contributed by atoms with Crippen LogP contribution in [0.4, 0.5) is 17.1 Å². The summed E-state index contributed by atoms with van der Waals surface area (Å²) in [5, 5.41) is 6.12. The Morgan fingerprint density at radius 2 is 1.41 bits per heavy atom. The molecule has 0 bridgehead atoms. The third kappa shape index (κ3) is 6.29. The second-order valence-electron chi connectivity index (χ2n) is 8.12. The number of rotatable bonds is 5.